The summed E-state index contributed by atoms with van der Waals surface area (Å²) in [5.74, 6) is -1.70. The number of aryl methyl sites for hydroxylation is 1. The SMILES string of the molecule is Cc1ncsc1C(=O)NC[C@@H](O)Cc1ccc(F)cc1F. The second-order valence-corrected chi connectivity index (χ2v) is 5.43. The summed E-state index contributed by atoms with van der Waals surface area (Å²) in [4.78, 5) is 16.3. The Kier molecular flexibility index (Phi) is 4.98. The van der Waals surface area contributed by atoms with Gasteiger partial charge >= 0.3 is 0 Å². The standard InChI is InChI=1S/C14H14F2N2O2S/c1-8-13(21-7-18-8)14(20)17-6-11(19)4-9-2-3-10(15)5-12(9)16/h2-3,5,7,11,19H,4,6H2,1H3,(H,17,20)/t11-/m0/s1. The molecule has 1 aromatic heterocycles. The maximum Gasteiger partial charge on any atom is 0.263 e. The number of amides is 1. The van der Waals surface area contributed by atoms with Gasteiger partial charge in [-0.3, -0.25) is 4.79 Å². The van der Waals surface area contributed by atoms with Gasteiger partial charge in [-0.2, -0.15) is 0 Å². The highest BCUT2D eigenvalue weighted by atomic mass is 32.1. The summed E-state index contributed by atoms with van der Waals surface area (Å²) in [5.41, 5.74) is 2.39. The molecule has 7 heteroatoms. The fourth-order valence-corrected chi connectivity index (χ4v) is 2.54. The van der Waals surface area contributed by atoms with Crippen LogP contribution in [0.4, 0.5) is 8.78 Å². The van der Waals surface area contributed by atoms with Crippen molar-refractivity contribution in [2.45, 2.75) is 19.4 Å². The Morgan fingerprint density at radius 3 is 2.86 bits per heavy atom. The fourth-order valence-electron chi connectivity index (χ4n) is 1.82. The van der Waals surface area contributed by atoms with Gasteiger partial charge in [-0.15, -0.1) is 11.3 Å². The minimum Gasteiger partial charge on any atom is -0.391 e. The molecule has 0 aliphatic carbocycles. The van der Waals surface area contributed by atoms with Gasteiger partial charge in [0.05, 0.1) is 17.3 Å². The number of carbonyl (C=O) groups excluding carboxylic acids is 1. The van der Waals surface area contributed by atoms with Gasteiger partial charge in [0, 0.05) is 19.0 Å². The number of halogens is 2. The van der Waals surface area contributed by atoms with Crippen LogP contribution in [0.25, 0.3) is 0 Å². The van der Waals surface area contributed by atoms with Crippen molar-refractivity contribution in [2.24, 2.45) is 0 Å². The third kappa shape index (κ3) is 4.05. The van der Waals surface area contributed by atoms with Crippen molar-refractivity contribution in [2.75, 3.05) is 6.54 Å². The monoisotopic (exact) mass is 312 g/mol. The minimum atomic E-state index is -0.956. The number of nitrogens with zero attached hydrogens (tertiary/aromatic N) is 1. The number of thiazole rings is 1. The van der Waals surface area contributed by atoms with Crippen LogP contribution in [-0.4, -0.2) is 28.6 Å². The maximum absolute atomic E-state index is 13.4. The van der Waals surface area contributed by atoms with Crippen molar-refractivity contribution in [3.63, 3.8) is 0 Å². The van der Waals surface area contributed by atoms with E-state index in [1.807, 2.05) is 0 Å². The van der Waals surface area contributed by atoms with Gasteiger partial charge in [0.25, 0.3) is 5.91 Å². The fraction of sp³-hybridized carbons (Fsp3) is 0.286. The Labute approximate surface area is 124 Å². The molecule has 0 bridgehead atoms. The minimum absolute atomic E-state index is 0.00589. The zero-order valence-electron chi connectivity index (χ0n) is 11.3. The Bertz CT molecular complexity index is 646. The quantitative estimate of drug-likeness (QED) is 0.888. The summed E-state index contributed by atoms with van der Waals surface area (Å²) >= 11 is 1.21. The molecule has 2 rings (SSSR count). The van der Waals surface area contributed by atoms with Crippen LogP contribution in [0.15, 0.2) is 23.7 Å². The highest BCUT2D eigenvalue weighted by Crippen LogP contribution is 2.13. The molecular formula is C14H14F2N2O2S. The molecule has 1 heterocycles. The average Bonchev–Trinajstić information content (AvgIpc) is 2.85. The van der Waals surface area contributed by atoms with Gasteiger partial charge in [0.2, 0.25) is 0 Å². The van der Waals surface area contributed by atoms with E-state index in [-0.39, 0.29) is 24.4 Å². The second-order valence-electron chi connectivity index (χ2n) is 4.57. The summed E-state index contributed by atoms with van der Waals surface area (Å²) in [6.45, 7) is 1.70. The van der Waals surface area contributed by atoms with Gasteiger partial charge in [0.1, 0.15) is 16.5 Å². The molecule has 0 saturated heterocycles. The van der Waals surface area contributed by atoms with E-state index in [4.69, 9.17) is 0 Å². The number of rotatable bonds is 5. The van der Waals surface area contributed by atoms with Gasteiger partial charge in [0.15, 0.2) is 0 Å². The number of benzene rings is 1. The highest BCUT2D eigenvalue weighted by Gasteiger charge is 2.15. The molecule has 1 amide bonds. The van der Waals surface area contributed by atoms with Crippen molar-refractivity contribution in [3.8, 4) is 0 Å². The first kappa shape index (κ1) is 15.5. The first-order valence-electron chi connectivity index (χ1n) is 6.27. The second kappa shape index (κ2) is 6.73. The number of hydrogen-bond donors (Lipinski definition) is 2. The van der Waals surface area contributed by atoms with E-state index < -0.39 is 17.7 Å². The van der Waals surface area contributed by atoms with Crippen molar-refractivity contribution in [3.05, 3.63) is 51.5 Å². The summed E-state index contributed by atoms with van der Waals surface area (Å²) < 4.78 is 26.2. The normalized spacial score (nSPS) is 12.2. The van der Waals surface area contributed by atoms with Gasteiger partial charge < -0.3 is 10.4 Å². The van der Waals surface area contributed by atoms with E-state index in [9.17, 15) is 18.7 Å². The van der Waals surface area contributed by atoms with E-state index >= 15 is 0 Å². The molecular weight excluding hydrogens is 298 g/mol. The first-order valence-corrected chi connectivity index (χ1v) is 7.15. The summed E-state index contributed by atoms with van der Waals surface area (Å²) in [6, 6.07) is 3.18. The van der Waals surface area contributed by atoms with Crippen molar-refractivity contribution in [1.29, 1.82) is 0 Å². The molecule has 1 aromatic carbocycles. The average molecular weight is 312 g/mol. The third-order valence-corrected chi connectivity index (χ3v) is 3.85. The van der Waals surface area contributed by atoms with E-state index in [1.165, 1.54) is 17.4 Å². The van der Waals surface area contributed by atoms with E-state index in [0.29, 0.717) is 10.6 Å². The molecule has 0 aliphatic heterocycles. The van der Waals surface area contributed by atoms with Gasteiger partial charge in [-0.25, -0.2) is 13.8 Å². The lowest BCUT2D eigenvalue weighted by atomic mass is 10.1. The predicted molar refractivity (Wildman–Crippen MR) is 75.3 cm³/mol. The van der Waals surface area contributed by atoms with Gasteiger partial charge in [-0.1, -0.05) is 6.07 Å². The molecule has 0 saturated carbocycles. The summed E-state index contributed by atoms with van der Waals surface area (Å²) in [5, 5.41) is 12.4. The summed E-state index contributed by atoms with van der Waals surface area (Å²) in [6.07, 6.45) is -0.962. The molecule has 2 N–H and O–H groups in total. The third-order valence-electron chi connectivity index (χ3n) is 2.92. The van der Waals surface area contributed by atoms with Crippen LogP contribution < -0.4 is 5.32 Å². The lowest BCUT2D eigenvalue weighted by molar-refractivity contribution is 0.0919. The summed E-state index contributed by atoms with van der Waals surface area (Å²) in [7, 11) is 0. The van der Waals surface area contributed by atoms with Crippen molar-refractivity contribution < 1.29 is 18.7 Å². The van der Waals surface area contributed by atoms with Crippen LogP contribution >= 0.6 is 11.3 Å². The van der Waals surface area contributed by atoms with Gasteiger partial charge in [-0.05, 0) is 18.6 Å². The zero-order chi connectivity index (χ0) is 15.4. The van der Waals surface area contributed by atoms with Crippen LogP contribution in [0.1, 0.15) is 20.9 Å². The maximum atomic E-state index is 13.4. The lowest BCUT2D eigenvalue weighted by Crippen LogP contribution is -2.33. The number of aliphatic hydroxyl groups excluding tert-OH is 1. The first-order chi connectivity index (χ1) is 9.97. The molecule has 112 valence electrons. The van der Waals surface area contributed by atoms with E-state index in [0.717, 1.165) is 12.1 Å². The topological polar surface area (TPSA) is 62.2 Å². The molecule has 0 spiro atoms. The predicted octanol–water partition coefficient (Wildman–Crippen LogP) is 2.06. The van der Waals surface area contributed by atoms with E-state index in [2.05, 4.69) is 10.3 Å². The van der Waals surface area contributed by atoms with Crippen LogP contribution in [-0.2, 0) is 6.42 Å². The van der Waals surface area contributed by atoms with Crippen molar-refractivity contribution in [1.82, 2.24) is 10.3 Å². The number of aromatic nitrogens is 1. The molecule has 0 fully saturated rings. The molecule has 0 unspecified atom stereocenters. The number of nitrogens with one attached hydrogen (secondary N) is 1. The Hall–Kier alpha value is -1.86. The Balaban J connectivity index is 1.89. The smallest absolute Gasteiger partial charge is 0.263 e. The molecule has 1 atom stereocenters. The Morgan fingerprint density at radius 2 is 2.24 bits per heavy atom. The number of carbonyl (C=O) groups is 1. The van der Waals surface area contributed by atoms with Crippen LogP contribution in [0.5, 0.6) is 0 Å². The largest absolute Gasteiger partial charge is 0.391 e. The number of hydrogen-bond acceptors (Lipinski definition) is 4. The van der Waals surface area contributed by atoms with E-state index in [1.54, 1.807) is 12.4 Å². The highest BCUT2D eigenvalue weighted by molar-refractivity contribution is 7.11. The molecule has 4 nitrogen and oxygen atoms in total. The molecule has 0 radical (unpaired) electrons. The lowest BCUT2D eigenvalue weighted by Gasteiger charge is -2.12. The van der Waals surface area contributed by atoms with Crippen LogP contribution in [0, 0.1) is 18.6 Å². The van der Waals surface area contributed by atoms with Crippen LogP contribution in [0.3, 0.4) is 0 Å². The molecule has 2 aromatic rings. The molecule has 21 heavy (non-hydrogen) atoms. The zero-order valence-corrected chi connectivity index (χ0v) is 12.1. The van der Waals surface area contributed by atoms with Crippen molar-refractivity contribution >= 4 is 17.2 Å². The Morgan fingerprint density at radius 1 is 1.48 bits per heavy atom. The van der Waals surface area contributed by atoms with Crippen LogP contribution in [0.2, 0.25) is 0 Å². The molecule has 0 aliphatic rings. The number of aliphatic hydroxyl groups is 1.